The lowest BCUT2D eigenvalue weighted by atomic mass is 10.3. The van der Waals surface area contributed by atoms with Crippen molar-refractivity contribution in [2.75, 3.05) is 37.7 Å². The number of anilines is 1. The molecular formula is C12H20N4O. The zero-order chi connectivity index (χ0) is 11.9. The van der Waals surface area contributed by atoms with Crippen LogP contribution in [-0.2, 0) is 11.3 Å². The second-order valence-corrected chi connectivity index (χ2v) is 4.16. The maximum atomic E-state index is 5.31. The Labute approximate surface area is 102 Å². The number of aromatic nitrogens is 2. The molecule has 0 spiro atoms. The van der Waals surface area contributed by atoms with Crippen LogP contribution in [0.15, 0.2) is 12.1 Å². The summed E-state index contributed by atoms with van der Waals surface area (Å²) in [5.41, 5.74) is 0.996. The molecule has 1 aliphatic heterocycles. The average Bonchev–Trinajstić information content (AvgIpc) is 2.41. The summed E-state index contributed by atoms with van der Waals surface area (Å²) in [5.74, 6) is 0.951. The highest BCUT2D eigenvalue weighted by molar-refractivity contribution is 5.37. The molecule has 5 nitrogen and oxygen atoms in total. The molecule has 1 N–H and O–H groups in total. The molecule has 0 unspecified atom stereocenters. The predicted octanol–water partition coefficient (Wildman–Crippen LogP) is 0.813. The van der Waals surface area contributed by atoms with Crippen LogP contribution in [0.4, 0.5) is 5.82 Å². The fourth-order valence-corrected chi connectivity index (χ4v) is 1.80. The number of rotatable bonds is 5. The van der Waals surface area contributed by atoms with E-state index in [9.17, 15) is 0 Å². The van der Waals surface area contributed by atoms with Gasteiger partial charge in [-0.3, -0.25) is 0 Å². The van der Waals surface area contributed by atoms with Crippen LogP contribution in [0.3, 0.4) is 0 Å². The van der Waals surface area contributed by atoms with Gasteiger partial charge < -0.3 is 15.0 Å². The topological polar surface area (TPSA) is 50.3 Å². The van der Waals surface area contributed by atoms with E-state index in [1.807, 2.05) is 12.1 Å². The van der Waals surface area contributed by atoms with Crippen molar-refractivity contribution < 1.29 is 4.74 Å². The summed E-state index contributed by atoms with van der Waals surface area (Å²) in [6.45, 7) is 7.34. The Bertz CT molecular complexity index is 322. The number of morpholine rings is 1. The molecule has 1 aliphatic rings. The minimum absolute atomic E-state index is 0.779. The lowest BCUT2D eigenvalue weighted by Gasteiger charge is -2.27. The van der Waals surface area contributed by atoms with Crippen molar-refractivity contribution in [1.29, 1.82) is 0 Å². The van der Waals surface area contributed by atoms with E-state index in [0.717, 1.165) is 57.3 Å². The molecule has 94 valence electrons. The fraction of sp³-hybridized carbons (Fsp3) is 0.667. The molecular weight excluding hydrogens is 216 g/mol. The SMILES string of the molecule is CCCNCc1ccc(N2CCOCC2)nn1. The Morgan fingerprint density at radius 2 is 2.12 bits per heavy atom. The molecule has 0 amide bonds. The van der Waals surface area contributed by atoms with Crippen LogP contribution in [0.25, 0.3) is 0 Å². The Morgan fingerprint density at radius 1 is 1.29 bits per heavy atom. The van der Waals surface area contributed by atoms with Crippen molar-refractivity contribution in [3.63, 3.8) is 0 Å². The van der Waals surface area contributed by atoms with Crippen molar-refractivity contribution in [1.82, 2.24) is 15.5 Å². The molecule has 5 heteroatoms. The van der Waals surface area contributed by atoms with Crippen molar-refractivity contribution >= 4 is 5.82 Å². The van der Waals surface area contributed by atoms with Gasteiger partial charge in [0.05, 0.1) is 18.9 Å². The van der Waals surface area contributed by atoms with Crippen LogP contribution in [-0.4, -0.2) is 43.0 Å². The second kappa shape index (κ2) is 6.51. The molecule has 0 radical (unpaired) electrons. The van der Waals surface area contributed by atoms with Crippen molar-refractivity contribution in [3.05, 3.63) is 17.8 Å². The smallest absolute Gasteiger partial charge is 0.151 e. The zero-order valence-electron chi connectivity index (χ0n) is 10.4. The number of nitrogens with zero attached hydrogens (tertiary/aromatic N) is 3. The summed E-state index contributed by atoms with van der Waals surface area (Å²) in [6, 6.07) is 4.09. The first kappa shape index (κ1) is 12.3. The van der Waals surface area contributed by atoms with Gasteiger partial charge in [0.15, 0.2) is 5.82 Å². The number of hydrogen-bond acceptors (Lipinski definition) is 5. The molecule has 0 atom stereocenters. The van der Waals surface area contributed by atoms with Crippen molar-refractivity contribution in [2.45, 2.75) is 19.9 Å². The number of nitrogens with one attached hydrogen (secondary N) is 1. The molecule has 0 aliphatic carbocycles. The number of hydrogen-bond donors (Lipinski definition) is 1. The molecule has 2 rings (SSSR count). The molecule has 1 aromatic heterocycles. The van der Waals surface area contributed by atoms with E-state index < -0.39 is 0 Å². The van der Waals surface area contributed by atoms with Gasteiger partial charge in [-0.25, -0.2) is 0 Å². The van der Waals surface area contributed by atoms with Gasteiger partial charge in [0, 0.05) is 19.6 Å². The predicted molar refractivity (Wildman–Crippen MR) is 67.1 cm³/mol. The van der Waals surface area contributed by atoms with Gasteiger partial charge in [-0.1, -0.05) is 6.92 Å². The summed E-state index contributed by atoms with van der Waals surface area (Å²) in [7, 11) is 0. The first-order valence-electron chi connectivity index (χ1n) is 6.26. The summed E-state index contributed by atoms with van der Waals surface area (Å²) in [5, 5.41) is 11.8. The minimum Gasteiger partial charge on any atom is -0.378 e. The Balaban J connectivity index is 1.88. The fourth-order valence-electron chi connectivity index (χ4n) is 1.80. The highest BCUT2D eigenvalue weighted by atomic mass is 16.5. The van der Waals surface area contributed by atoms with E-state index in [4.69, 9.17) is 4.74 Å². The molecule has 0 bridgehead atoms. The van der Waals surface area contributed by atoms with Crippen LogP contribution < -0.4 is 10.2 Å². The van der Waals surface area contributed by atoms with Gasteiger partial charge >= 0.3 is 0 Å². The third-order valence-corrected chi connectivity index (χ3v) is 2.77. The lowest BCUT2D eigenvalue weighted by Crippen LogP contribution is -2.36. The van der Waals surface area contributed by atoms with Crippen LogP contribution in [0.2, 0.25) is 0 Å². The zero-order valence-corrected chi connectivity index (χ0v) is 10.4. The van der Waals surface area contributed by atoms with E-state index in [1.165, 1.54) is 0 Å². The van der Waals surface area contributed by atoms with Gasteiger partial charge in [0.1, 0.15) is 0 Å². The Hall–Kier alpha value is -1.20. The van der Waals surface area contributed by atoms with E-state index in [0.29, 0.717) is 0 Å². The van der Waals surface area contributed by atoms with Gasteiger partial charge in [0.25, 0.3) is 0 Å². The van der Waals surface area contributed by atoms with Gasteiger partial charge in [-0.2, -0.15) is 5.10 Å². The summed E-state index contributed by atoms with van der Waals surface area (Å²) < 4.78 is 5.31. The van der Waals surface area contributed by atoms with Gasteiger partial charge in [-0.15, -0.1) is 5.10 Å². The Morgan fingerprint density at radius 3 is 2.76 bits per heavy atom. The molecule has 2 heterocycles. The average molecular weight is 236 g/mol. The van der Waals surface area contributed by atoms with E-state index in [1.54, 1.807) is 0 Å². The molecule has 0 aromatic carbocycles. The maximum absolute atomic E-state index is 5.31. The van der Waals surface area contributed by atoms with Gasteiger partial charge in [-0.05, 0) is 25.1 Å². The molecule has 1 aromatic rings. The highest BCUT2D eigenvalue weighted by Gasteiger charge is 2.12. The van der Waals surface area contributed by atoms with Crippen LogP contribution >= 0.6 is 0 Å². The minimum atomic E-state index is 0.779. The molecule has 0 saturated carbocycles. The molecule has 1 fully saturated rings. The normalized spacial score (nSPS) is 16.2. The molecule has 1 saturated heterocycles. The summed E-state index contributed by atoms with van der Waals surface area (Å²) >= 11 is 0. The quantitative estimate of drug-likeness (QED) is 0.767. The van der Waals surface area contributed by atoms with E-state index >= 15 is 0 Å². The van der Waals surface area contributed by atoms with E-state index in [2.05, 4.69) is 27.3 Å². The summed E-state index contributed by atoms with van der Waals surface area (Å²) in [4.78, 5) is 2.21. The lowest BCUT2D eigenvalue weighted by molar-refractivity contribution is 0.122. The first-order valence-corrected chi connectivity index (χ1v) is 6.26. The third kappa shape index (κ3) is 3.64. The largest absolute Gasteiger partial charge is 0.378 e. The van der Waals surface area contributed by atoms with Crippen LogP contribution in [0.1, 0.15) is 19.0 Å². The standard InChI is InChI=1S/C12H20N4O/c1-2-5-13-10-11-3-4-12(15-14-11)16-6-8-17-9-7-16/h3-4,13H,2,5-10H2,1H3. The summed E-state index contributed by atoms with van der Waals surface area (Å²) in [6.07, 6.45) is 1.14. The monoisotopic (exact) mass is 236 g/mol. The van der Waals surface area contributed by atoms with Crippen molar-refractivity contribution in [2.24, 2.45) is 0 Å². The third-order valence-electron chi connectivity index (χ3n) is 2.77. The first-order chi connectivity index (χ1) is 8.40. The van der Waals surface area contributed by atoms with Crippen LogP contribution in [0.5, 0.6) is 0 Å². The second-order valence-electron chi connectivity index (χ2n) is 4.16. The molecule has 17 heavy (non-hydrogen) atoms. The maximum Gasteiger partial charge on any atom is 0.151 e. The van der Waals surface area contributed by atoms with Crippen molar-refractivity contribution in [3.8, 4) is 0 Å². The number of ether oxygens (including phenoxy) is 1. The van der Waals surface area contributed by atoms with Crippen LogP contribution in [0, 0.1) is 0 Å². The van der Waals surface area contributed by atoms with E-state index in [-0.39, 0.29) is 0 Å². The van der Waals surface area contributed by atoms with Gasteiger partial charge in [0.2, 0.25) is 0 Å². The highest BCUT2D eigenvalue weighted by Crippen LogP contribution is 2.11. The Kier molecular flexibility index (Phi) is 4.70.